The van der Waals surface area contributed by atoms with Gasteiger partial charge in [0.1, 0.15) is 11.5 Å². The van der Waals surface area contributed by atoms with E-state index in [-0.39, 0.29) is 5.91 Å². The molecule has 88 valence electrons. The number of anilines is 2. The second-order valence-electron chi connectivity index (χ2n) is 3.77. The Labute approximate surface area is 92.9 Å². The third-order valence-corrected chi connectivity index (χ3v) is 2.57. The standard InChI is InChI=1S/C9H15N5O2/c1-3-14(2)4-5-8(15)11-6-7(10)12-13-9(6)16-5/h5H,3-4H2,1-2H3,(H,11,15)(H3,10,12,13). The average molecular weight is 225 g/mol. The molecule has 1 aromatic heterocycles. The number of rotatable bonds is 3. The van der Waals surface area contributed by atoms with Gasteiger partial charge in [-0.25, -0.2) is 0 Å². The Morgan fingerprint density at radius 3 is 3.06 bits per heavy atom. The van der Waals surface area contributed by atoms with Gasteiger partial charge in [-0.3, -0.25) is 9.89 Å². The molecule has 1 atom stereocenters. The summed E-state index contributed by atoms with van der Waals surface area (Å²) in [7, 11) is 1.92. The van der Waals surface area contributed by atoms with Gasteiger partial charge < -0.3 is 20.7 Å². The van der Waals surface area contributed by atoms with Crippen LogP contribution in [0.25, 0.3) is 0 Å². The molecule has 1 aliphatic heterocycles. The van der Waals surface area contributed by atoms with Crippen LogP contribution in [0.1, 0.15) is 6.92 Å². The summed E-state index contributed by atoms with van der Waals surface area (Å²) in [5.74, 6) is 0.471. The number of nitrogens with one attached hydrogen (secondary N) is 2. The number of hydrogen-bond acceptors (Lipinski definition) is 5. The summed E-state index contributed by atoms with van der Waals surface area (Å²) in [5.41, 5.74) is 6.00. The van der Waals surface area contributed by atoms with Gasteiger partial charge in [-0.15, -0.1) is 5.10 Å². The molecule has 0 bridgehead atoms. The minimum Gasteiger partial charge on any atom is -0.460 e. The van der Waals surface area contributed by atoms with Gasteiger partial charge in [0.15, 0.2) is 6.10 Å². The van der Waals surface area contributed by atoms with E-state index in [1.54, 1.807) is 0 Å². The van der Waals surface area contributed by atoms with Crippen LogP contribution in [0, 0.1) is 0 Å². The lowest BCUT2D eigenvalue weighted by atomic mass is 10.2. The van der Waals surface area contributed by atoms with Gasteiger partial charge in [-0.2, -0.15) is 0 Å². The van der Waals surface area contributed by atoms with E-state index in [2.05, 4.69) is 15.5 Å². The van der Waals surface area contributed by atoms with Gasteiger partial charge in [0.25, 0.3) is 11.8 Å². The lowest BCUT2D eigenvalue weighted by Gasteiger charge is -2.25. The number of fused-ring (bicyclic) bond motifs is 1. The van der Waals surface area contributed by atoms with Crippen LogP contribution in [-0.4, -0.2) is 47.2 Å². The number of nitrogens with two attached hydrogens (primary N) is 1. The van der Waals surface area contributed by atoms with E-state index < -0.39 is 6.10 Å². The number of ether oxygens (including phenoxy) is 1. The first kappa shape index (κ1) is 10.7. The summed E-state index contributed by atoms with van der Waals surface area (Å²) in [6, 6.07) is 0. The number of hydrogen-bond donors (Lipinski definition) is 3. The smallest absolute Gasteiger partial charge is 0.267 e. The highest BCUT2D eigenvalue weighted by Gasteiger charge is 2.31. The van der Waals surface area contributed by atoms with Crippen molar-refractivity contribution < 1.29 is 9.53 Å². The molecule has 0 aliphatic carbocycles. The van der Waals surface area contributed by atoms with Crippen molar-refractivity contribution in [2.75, 3.05) is 31.2 Å². The lowest BCUT2D eigenvalue weighted by molar-refractivity contribution is -0.124. The molecule has 7 heteroatoms. The maximum Gasteiger partial charge on any atom is 0.267 e. The zero-order valence-corrected chi connectivity index (χ0v) is 9.28. The fourth-order valence-electron chi connectivity index (χ4n) is 1.47. The number of nitrogen functional groups attached to an aromatic ring is 1. The molecular weight excluding hydrogens is 210 g/mol. The van der Waals surface area contributed by atoms with E-state index in [9.17, 15) is 4.79 Å². The zero-order valence-electron chi connectivity index (χ0n) is 9.28. The van der Waals surface area contributed by atoms with Gasteiger partial charge >= 0.3 is 0 Å². The normalized spacial score (nSPS) is 19.2. The van der Waals surface area contributed by atoms with Crippen LogP contribution in [0.5, 0.6) is 5.88 Å². The first-order valence-electron chi connectivity index (χ1n) is 5.11. The molecule has 1 aliphatic rings. The van der Waals surface area contributed by atoms with Crippen LogP contribution in [-0.2, 0) is 4.79 Å². The number of nitrogens with zero attached hydrogens (tertiary/aromatic N) is 2. The molecule has 0 saturated heterocycles. The number of carbonyl (C=O) groups excluding carboxylic acids is 1. The largest absolute Gasteiger partial charge is 0.460 e. The van der Waals surface area contributed by atoms with Crippen molar-refractivity contribution >= 4 is 17.4 Å². The van der Waals surface area contributed by atoms with Crippen molar-refractivity contribution in [1.29, 1.82) is 0 Å². The minimum absolute atomic E-state index is 0.194. The molecule has 1 amide bonds. The third-order valence-electron chi connectivity index (χ3n) is 2.57. The van der Waals surface area contributed by atoms with Gasteiger partial charge in [0, 0.05) is 6.54 Å². The van der Waals surface area contributed by atoms with E-state index in [4.69, 9.17) is 10.5 Å². The van der Waals surface area contributed by atoms with Crippen LogP contribution in [0.3, 0.4) is 0 Å². The number of aromatic amines is 1. The molecule has 16 heavy (non-hydrogen) atoms. The Hall–Kier alpha value is -1.76. The Bertz CT molecular complexity index is 403. The number of likely N-dealkylation sites (N-methyl/N-ethyl adjacent to an activating group) is 1. The molecule has 0 radical (unpaired) electrons. The average Bonchev–Trinajstić information content (AvgIpc) is 2.61. The summed E-state index contributed by atoms with van der Waals surface area (Å²) < 4.78 is 5.46. The fraction of sp³-hybridized carbons (Fsp3) is 0.556. The molecule has 2 heterocycles. The number of H-pyrrole nitrogens is 1. The number of amides is 1. The van der Waals surface area contributed by atoms with Crippen LogP contribution in [0.2, 0.25) is 0 Å². The molecule has 7 nitrogen and oxygen atoms in total. The molecule has 4 N–H and O–H groups in total. The maximum atomic E-state index is 11.7. The Morgan fingerprint density at radius 2 is 2.38 bits per heavy atom. The van der Waals surface area contributed by atoms with Crippen molar-refractivity contribution in [3.8, 4) is 5.88 Å². The van der Waals surface area contributed by atoms with E-state index in [1.165, 1.54) is 0 Å². The maximum absolute atomic E-state index is 11.7. The van der Waals surface area contributed by atoms with Crippen molar-refractivity contribution in [3.05, 3.63) is 0 Å². The highest BCUT2D eigenvalue weighted by atomic mass is 16.5. The highest BCUT2D eigenvalue weighted by molar-refractivity contribution is 5.99. The van der Waals surface area contributed by atoms with Crippen LogP contribution >= 0.6 is 0 Å². The Kier molecular flexibility index (Phi) is 2.69. The molecule has 0 aromatic carbocycles. The van der Waals surface area contributed by atoms with E-state index in [1.807, 2.05) is 18.9 Å². The summed E-state index contributed by atoms with van der Waals surface area (Å²) in [4.78, 5) is 13.7. The first-order valence-corrected chi connectivity index (χ1v) is 5.11. The molecule has 0 spiro atoms. The van der Waals surface area contributed by atoms with Crippen molar-refractivity contribution in [2.45, 2.75) is 13.0 Å². The third kappa shape index (κ3) is 1.81. The quantitative estimate of drug-likeness (QED) is 0.653. The van der Waals surface area contributed by atoms with Gasteiger partial charge in [0.05, 0.1) is 0 Å². The fourth-order valence-corrected chi connectivity index (χ4v) is 1.47. The Morgan fingerprint density at radius 1 is 1.62 bits per heavy atom. The molecule has 0 saturated carbocycles. The summed E-state index contributed by atoms with van der Waals surface area (Å²) in [5, 5.41) is 9.11. The van der Waals surface area contributed by atoms with Gasteiger partial charge in [-0.1, -0.05) is 6.92 Å². The number of carbonyl (C=O) groups is 1. The second-order valence-corrected chi connectivity index (χ2v) is 3.77. The van der Waals surface area contributed by atoms with E-state index in [0.29, 0.717) is 23.9 Å². The predicted octanol–water partition coefficient (Wildman–Crippen LogP) is -0.357. The van der Waals surface area contributed by atoms with Crippen molar-refractivity contribution in [3.63, 3.8) is 0 Å². The molecule has 0 fully saturated rings. The van der Waals surface area contributed by atoms with Crippen molar-refractivity contribution in [2.24, 2.45) is 0 Å². The van der Waals surface area contributed by atoms with Gasteiger partial charge in [0.2, 0.25) is 0 Å². The SMILES string of the molecule is CCN(C)CC1Oc2n[nH]c(N)c2NC1=O. The molecule has 2 rings (SSSR count). The molecule has 1 aromatic rings. The van der Waals surface area contributed by atoms with Crippen molar-refractivity contribution in [1.82, 2.24) is 15.1 Å². The monoisotopic (exact) mass is 225 g/mol. The minimum atomic E-state index is -0.542. The topological polar surface area (TPSA) is 96.3 Å². The summed E-state index contributed by atoms with van der Waals surface area (Å²) in [6.07, 6.45) is -0.542. The summed E-state index contributed by atoms with van der Waals surface area (Å²) >= 11 is 0. The molecule has 1 unspecified atom stereocenters. The zero-order chi connectivity index (χ0) is 11.7. The van der Waals surface area contributed by atoms with Crippen LogP contribution in [0.15, 0.2) is 0 Å². The second kappa shape index (κ2) is 4.01. The highest BCUT2D eigenvalue weighted by Crippen LogP contribution is 2.31. The van der Waals surface area contributed by atoms with Gasteiger partial charge in [-0.05, 0) is 13.6 Å². The van der Waals surface area contributed by atoms with Crippen LogP contribution < -0.4 is 15.8 Å². The van der Waals surface area contributed by atoms with E-state index >= 15 is 0 Å². The summed E-state index contributed by atoms with van der Waals surface area (Å²) in [6.45, 7) is 3.38. The lowest BCUT2D eigenvalue weighted by Crippen LogP contribution is -2.44. The number of aromatic nitrogens is 2. The predicted molar refractivity (Wildman–Crippen MR) is 59.2 cm³/mol. The molecular formula is C9H15N5O2. The van der Waals surface area contributed by atoms with E-state index in [0.717, 1.165) is 6.54 Å². The Balaban J connectivity index is 2.12. The van der Waals surface area contributed by atoms with Crippen LogP contribution in [0.4, 0.5) is 11.5 Å². The first-order chi connectivity index (χ1) is 7.61.